The van der Waals surface area contributed by atoms with Gasteiger partial charge in [-0.05, 0) is 30.9 Å². The third-order valence-corrected chi connectivity index (χ3v) is 3.31. The number of halogens is 1. The molecular formula is C13H18FNO2S. The number of thioether (sulfide) groups is 1. The van der Waals surface area contributed by atoms with Crippen LogP contribution in [0.15, 0.2) is 24.3 Å². The average molecular weight is 271 g/mol. The summed E-state index contributed by atoms with van der Waals surface area (Å²) in [6.07, 6.45) is 2.09. The molecule has 0 aliphatic carbocycles. The molecule has 1 aromatic carbocycles. The molecule has 3 nitrogen and oxygen atoms in total. The number of aliphatic hydroxyl groups is 1. The van der Waals surface area contributed by atoms with Crippen molar-refractivity contribution in [2.45, 2.75) is 18.9 Å². The van der Waals surface area contributed by atoms with Gasteiger partial charge in [0.25, 0.3) is 0 Å². The van der Waals surface area contributed by atoms with E-state index in [2.05, 4.69) is 5.32 Å². The third-order valence-electron chi connectivity index (χ3n) is 2.40. The maximum Gasteiger partial charge on any atom is 0.224 e. The van der Waals surface area contributed by atoms with E-state index in [0.717, 1.165) is 5.56 Å². The van der Waals surface area contributed by atoms with E-state index in [-0.39, 0.29) is 24.7 Å². The molecule has 1 atom stereocenters. The molecular weight excluding hydrogens is 253 g/mol. The Morgan fingerprint density at radius 1 is 1.44 bits per heavy atom. The van der Waals surface area contributed by atoms with Crippen molar-refractivity contribution in [2.75, 3.05) is 18.6 Å². The zero-order chi connectivity index (χ0) is 13.6. The molecule has 0 heterocycles. The Morgan fingerprint density at radius 2 is 2.06 bits per heavy atom. The number of carbonyl (C=O) groups is 1. The highest BCUT2D eigenvalue weighted by molar-refractivity contribution is 7.98. The molecule has 1 unspecified atom stereocenters. The molecule has 2 N–H and O–H groups in total. The number of hydrogen-bond donors (Lipinski definition) is 2. The second-order valence-electron chi connectivity index (χ2n) is 4.51. The van der Waals surface area contributed by atoms with Gasteiger partial charge in [0.1, 0.15) is 5.82 Å². The minimum absolute atomic E-state index is 0.178. The molecule has 5 heteroatoms. The molecule has 0 bridgehead atoms. The van der Waals surface area contributed by atoms with Crippen molar-refractivity contribution in [3.05, 3.63) is 35.6 Å². The molecule has 0 saturated carbocycles. The molecule has 0 aromatic heterocycles. The Balaban J connectivity index is 2.40. The summed E-state index contributed by atoms with van der Waals surface area (Å²) in [7, 11) is 0. The van der Waals surface area contributed by atoms with Gasteiger partial charge in [0.05, 0.1) is 12.0 Å². The number of amides is 1. The van der Waals surface area contributed by atoms with E-state index in [1.165, 1.54) is 23.9 Å². The van der Waals surface area contributed by atoms with Gasteiger partial charge in [-0.15, -0.1) is 0 Å². The molecule has 1 aromatic rings. The Hall–Kier alpha value is -1.07. The van der Waals surface area contributed by atoms with Crippen molar-refractivity contribution in [3.63, 3.8) is 0 Å². The topological polar surface area (TPSA) is 49.3 Å². The van der Waals surface area contributed by atoms with Crippen LogP contribution in [-0.4, -0.2) is 35.2 Å². The Kier molecular flexibility index (Phi) is 5.62. The van der Waals surface area contributed by atoms with Gasteiger partial charge < -0.3 is 10.4 Å². The Morgan fingerprint density at radius 3 is 2.61 bits per heavy atom. The lowest BCUT2D eigenvalue weighted by Gasteiger charge is -2.22. The van der Waals surface area contributed by atoms with Crippen LogP contribution in [-0.2, 0) is 11.2 Å². The zero-order valence-corrected chi connectivity index (χ0v) is 11.4. The summed E-state index contributed by atoms with van der Waals surface area (Å²) in [5.41, 5.74) is -0.156. The summed E-state index contributed by atoms with van der Waals surface area (Å²) >= 11 is 1.52. The van der Waals surface area contributed by atoms with Crippen molar-refractivity contribution >= 4 is 17.7 Å². The number of hydrogen-bond acceptors (Lipinski definition) is 3. The summed E-state index contributed by atoms with van der Waals surface area (Å²) in [5.74, 6) is 0.0640. The molecule has 1 rings (SSSR count). The monoisotopic (exact) mass is 271 g/mol. The summed E-state index contributed by atoms with van der Waals surface area (Å²) in [4.78, 5) is 11.6. The normalized spacial score (nSPS) is 14.0. The summed E-state index contributed by atoms with van der Waals surface area (Å²) < 4.78 is 12.7. The highest BCUT2D eigenvalue weighted by atomic mass is 32.2. The SMILES string of the molecule is CSCC(C)(O)CNC(=O)Cc1ccc(F)cc1. The predicted molar refractivity (Wildman–Crippen MR) is 72.1 cm³/mol. The van der Waals surface area contributed by atoms with Crippen molar-refractivity contribution in [2.24, 2.45) is 0 Å². The van der Waals surface area contributed by atoms with Gasteiger partial charge >= 0.3 is 0 Å². The maximum absolute atomic E-state index is 12.7. The third kappa shape index (κ3) is 5.51. The van der Waals surface area contributed by atoms with Crippen LogP contribution in [0.4, 0.5) is 4.39 Å². The van der Waals surface area contributed by atoms with Crippen LogP contribution in [0.25, 0.3) is 0 Å². The highest BCUT2D eigenvalue weighted by Gasteiger charge is 2.20. The van der Waals surface area contributed by atoms with E-state index < -0.39 is 5.60 Å². The first-order valence-electron chi connectivity index (χ1n) is 5.65. The number of nitrogens with one attached hydrogen (secondary N) is 1. The molecule has 1 amide bonds. The van der Waals surface area contributed by atoms with Gasteiger partial charge in [0.2, 0.25) is 5.91 Å². The predicted octanol–water partition coefficient (Wildman–Crippen LogP) is 1.60. The standard InChI is InChI=1S/C13H18FNO2S/c1-13(17,9-18-2)8-15-12(16)7-10-3-5-11(14)6-4-10/h3-6,17H,7-9H2,1-2H3,(H,15,16). The van der Waals surface area contributed by atoms with Crippen LogP contribution in [0.2, 0.25) is 0 Å². The smallest absolute Gasteiger partial charge is 0.224 e. The first-order chi connectivity index (χ1) is 8.43. The molecule has 0 aliphatic heterocycles. The number of carbonyl (C=O) groups excluding carboxylic acids is 1. The number of rotatable bonds is 6. The van der Waals surface area contributed by atoms with E-state index in [1.807, 2.05) is 6.26 Å². The minimum Gasteiger partial charge on any atom is -0.387 e. The lowest BCUT2D eigenvalue weighted by molar-refractivity contribution is -0.121. The molecule has 0 saturated heterocycles. The fourth-order valence-corrected chi connectivity index (χ4v) is 2.23. The quantitative estimate of drug-likeness (QED) is 0.826. The van der Waals surface area contributed by atoms with Crippen molar-refractivity contribution in [1.29, 1.82) is 0 Å². The van der Waals surface area contributed by atoms with Crippen LogP contribution < -0.4 is 5.32 Å². The Bertz CT molecular complexity index is 392. The highest BCUT2D eigenvalue weighted by Crippen LogP contribution is 2.09. The number of benzene rings is 1. The molecule has 18 heavy (non-hydrogen) atoms. The van der Waals surface area contributed by atoms with E-state index in [4.69, 9.17) is 0 Å². The second kappa shape index (κ2) is 6.75. The molecule has 0 radical (unpaired) electrons. The summed E-state index contributed by atoms with van der Waals surface area (Å²) in [5, 5.41) is 12.6. The molecule has 0 spiro atoms. The fourth-order valence-electron chi connectivity index (χ4n) is 1.50. The van der Waals surface area contributed by atoms with Crippen LogP contribution in [0.1, 0.15) is 12.5 Å². The summed E-state index contributed by atoms with van der Waals surface area (Å²) in [6.45, 7) is 1.90. The average Bonchev–Trinajstić information content (AvgIpc) is 2.30. The minimum atomic E-state index is -0.905. The lowest BCUT2D eigenvalue weighted by atomic mass is 10.1. The van der Waals surface area contributed by atoms with Gasteiger partial charge in [0.15, 0.2) is 0 Å². The largest absolute Gasteiger partial charge is 0.387 e. The van der Waals surface area contributed by atoms with Gasteiger partial charge in [-0.25, -0.2) is 4.39 Å². The van der Waals surface area contributed by atoms with Crippen LogP contribution >= 0.6 is 11.8 Å². The van der Waals surface area contributed by atoms with Crippen LogP contribution in [0.3, 0.4) is 0 Å². The maximum atomic E-state index is 12.7. The molecule has 0 fully saturated rings. The van der Waals surface area contributed by atoms with Crippen LogP contribution in [0, 0.1) is 5.82 Å². The van der Waals surface area contributed by atoms with Gasteiger partial charge in [-0.3, -0.25) is 4.79 Å². The fraction of sp³-hybridized carbons (Fsp3) is 0.462. The van der Waals surface area contributed by atoms with Gasteiger partial charge in [-0.1, -0.05) is 12.1 Å². The summed E-state index contributed by atoms with van der Waals surface area (Å²) in [6, 6.07) is 5.81. The van der Waals surface area contributed by atoms with Crippen molar-refractivity contribution in [1.82, 2.24) is 5.32 Å². The van der Waals surface area contributed by atoms with Gasteiger partial charge in [-0.2, -0.15) is 11.8 Å². The van der Waals surface area contributed by atoms with Gasteiger partial charge in [0, 0.05) is 12.3 Å². The molecule has 0 aliphatic rings. The van der Waals surface area contributed by atoms with E-state index in [1.54, 1.807) is 19.1 Å². The zero-order valence-electron chi connectivity index (χ0n) is 10.6. The Labute approximate surface area is 111 Å². The lowest BCUT2D eigenvalue weighted by Crippen LogP contribution is -2.42. The van der Waals surface area contributed by atoms with E-state index in [0.29, 0.717) is 5.75 Å². The second-order valence-corrected chi connectivity index (χ2v) is 5.38. The van der Waals surface area contributed by atoms with Crippen molar-refractivity contribution < 1.29 is 14.3 Å². The van der Waals surface area contributed by atoms with E-state index in [9.17, 15) is 14.3 Å². The first-order valence-corrected chi connectivity index (χ1v) is 7.05. The van der Waals surface area contributed by atoms with E-state index >= 15 is 0 Å². The molecule has 100 valence electrons. The van der Waals surface area contributed by atoms with Crippen LogP contribution in [0.5, 0.6) is 0 Å². The first kappa shape index (κ1) is 15.0. The van der Waals surface area contributed by atoms with Crippen molar-refractivity contribution in [3.8, 4) is 0 Å².